The van der Waals surface area contributed by atoms with Crippen LogP contribution in [0.1, 0.15) is 28.4 Å². The summed E-state index contributed by atoms with van der Waals surface area (Å²) in [5.74, 6) is -0.287. The van der Waals surface area contributed by atoms with Crippen molar-refractivity contribution < 1.29 is 9.50 Å². The first-order valence-corrected chi connectivity index (χ1v) is 6.95. The number of aliphatic hydroxyl groups excluding tert-OH is 1. The Hall–Kier alpha value is -1.19. The fraction of sp³-hybridized carbons (Fsp3) is 0.250. The number of rotatable bonds is 3. The van der Waals surface area contributed by atoms with Crippen molar-refractivity contribution in [1.82, 2.24) is 0 Å². The highest BCUT2D eigenvalue weighted by Gasteiger charge is 2.11. The zero-order valence-corrected chi connectivity index (χ0v) is 12.5. The maximum atomic E-state index is 13.2. The zero-order chi connectivity index (χ0) is 14.0. The summed E-state index contributed by atoms with van der Waals surface area (Å²) in [7, 11) is 0. The maximum Gasteiger partial charge on any atom is 0.137 e. The van der Waals surface area contributed by atoms with Crippen molar-refractivity contribution in [3.8, 4) is 0 Å². The van der Waals surface area contributed by atoms with E-state index in [2.05, 4.69) is 22.0 Å². The number of hydrogen-bond acceptors (Lipinski definition) is 1. The Bertz CT molecular complexity index is 575. The first kappa shape index (κ1) is 14.2. The van der Waals surface area contributed by atoms with E-state index < -0.39 is 6.10 Å². The second-order valence-electron chi connectivity index (χ2n) is 4.89. The van der Waals surface area contributed by atoms with Gasteiger partial charge in [-0.05, 0) is 53.0 Å². The lowest BCUT2D eigenvalue weighted by Gasteiger charge is -2.13. The Balaban J connectivity index is 2.20. The first-order valence-electron chi connectivity index (χ1n) is 6.16. The lowest BCUT2D eigenvalue weighted by atomic mass is 9.98. The minimum atomic E-state index is -0.573. The molecule has 100 valence electrons. The summed E-state index contributed by atoms with van der Waals surface area (Å²) in [6.07, 6.45) is -0.0992. The molecule has 1 atom stereocenters. The zero-order valence-electron chi connectivity index (χ0n) is 11.0. The topological polar surface area (TPSA) is 20.2 Å². The van der Waals surface area contributed by atoms with Crippen molar-refractivity contribution in [2.75, 3.05) is 0 Å². The fourth-order valence-corrected chi connectivity index (χ4v) is 2.64. The molecule has 2 aromatic carbocycles. The van der Waals surface area contributed by atoms with Crippen molar-refractivity contribution in [3.05, 3.63) is 68.9 Å². The summed E-state index contributed by atoms with van der Waals surface area (Å²) in [6, 6.07) is 10.9. The summed E-state index contributed by atoms with van der Waals surface area (Å²) in [5, 5.41) is 10.3. The summed E-state index contributed by atoms with van der Waals surface area (Å²) in [6.45, 7) is 4.02. The minimum absolute atomic E-state index is 0.287. The monoisotopic (exact) mass is 322 g/mol. The van der Waals surface area contributed by atoms with Gasteiger partial charge in [0.2, 0.25) is 0 Å². The lowest BCUT2D eigenvalue weighted by molar-refractivity contribution is 0.178. The van der Waals surface area contributed by atoms with Crippen LogP contribution >= 0.6 is 15.9 Å². The Morgan fingerprint density at radius 1 is 1.11 bits per heavy atom. The van der Waals surface area contributed by atoms with E-state index >= 15 is 0 Å². The normalized spacial score (nSPS) is 12.5. The van der Waals surface area contributed by atoms with Gasteiger partial charge in [-0.2, -0.15) is 0 Å². The van der Waals surface area contributed by atoms with Gasteiger partial charge in [0.1, 0.15) is 5.82 Å². The summed E-state index contributed by atoms with van der Waals surface area (Å²) < 4.78 is 13.6. The van der Waals surface area contributed by atoms with Crippen LogP contribution in [0.2, 0.25) is 0 Å². The van der Waals surface area contributed by atoms with Crippen LogP contribution < -0.4 is 0 Å². The van der Waals surface area contributed by atoms with E-state index in [-0.39, 0.29) is 5.82 Å². The summed E-state index contributed by atoms with van der Waals surface area (Å²) in [4.78, 5) is 0. The quantitative estimate of drug-likeness (QED) is 0.883. The molecule has 1 unspecified atom stereocenters. The molecule has 0 aliphatic heterocycles. The molecule has 0 fully saturated rings. The van der Waals surface area contributed by atoms with Crippen molar-refractivity contribution in [2.45, 2.75) is 26.4 Å². The van der Waals surface area contributed by atoms with E-state index in [1.165, 1.54) is 6.07 Å². The second-order valence-corrected chi connectivity index (χ2v) is 5.74. The smallest absolute Gasteiger partial charge is 0.137 e. The van der Waals surface area contributed by atoms with E-state index in [0.29, 0.717) is 10.9 Å². The minimum Gasteiger partial charge on any atom is -0.388 e. The Morgan fingerprint density at radius 2 is 1.74 bits per heavy atom. The molecule has 0 radical (unpaired) electrons. The number of hydrogen-bond donors (Lipinski definition) is 1. The standard InChI is InChI=1S/C16H16BrFO/c1-10-5-11(2)7-13(6-10)16(19)9-12-3-4-15(18)14(17)8-12/h3-8,16,19H,9H2,1-2H3. The van der Waals surface area contributed by atoms with Gasteiger partial charge in [0, 0.05) is 6.42 Å². The third-order valence-corrected chi connectivity index (χ3v) is 3.65. The predicted octanol–water partition coefficient (Wildman–Crippen LogP) is 4.48. The highest BCUT2D eigenvalue weighted by Crippen LogP contribution is 2.23. The number of aliphatic hydroxyl groups is 1. The third-order valence-electron chi connectivity index (χ3n) is 3.04. The van der Waals surface area contributed by atoms with Crippen LogP contribution in [-0.2, 0) is 6.42 Å². The van der Waals surface area contributed by atoms with Crippen molar-refractivity contribution in [3.63, 3.8) is 0 Å². The van der Waals surface area contributed by atoms with Crippen LogP contribution in [0.4, 0.5) is 4.39 Å². The molecule has 1 N–H and O–H groups in total. The molecule has 2 rings (SSSR count). The van der Waals surface area contributed by atoms with Gasteiger partial charge in [-0.1, -0.05) is 35.4 Å². The predicted molar refractivity (Wildman–Crippen MR) is 78.7 cm³/mol. The average Bonchev–Trinajstić information content (AvgIpc) is 2.32. The first-order chi connectivity index (χ1) is 8.95. The van der Waals surface area contributed by atoms with Crippen LogP contribution in [0, 0.1) is 19.7 Å². The fourth-order valence-electron chi connectivity index (χ4n) is 2.21. The Morgan fingerprint density at radius 3 is 2.32 bits per heavy atom. The van der Waals surface area contributed by atoms with Gasteiger partial charge in [-0.25, -0.2) is 4.39 Å². The molecule has 0 aromatic heterocycles. The highest BCUT2D eigenvalue weighted by atomic mass is 79.9. The molecule has 0 bridgehead atoms. The van der Waals surface area contributed by atoms with Gasteiger partial charge in [0.15, 0.2) is 0 Å². The molecule has 19 heavy (non-hydrogen) atoms. The maximum absolute atomic E-state index is 13.2. The second kappa shape index (κ2) is 5.85. The van der Waals surface area contributed by atoms with E-state index in [4.69, 9.17) is 0 Å². The van der Waals surface area contributed by atoms with Gasteiger partial charge in [-0.15, -0.1) is 0 Å². The van der Waals surface area contributed by atoms with E-state index in [1.54, 1.807) is 12.1 Å². The Labute approximate surface area is 121 Å². The molecule has 3 heteroatoms. The van der Waals surface area contributed by atoms with Crippen molar-refractivity contribution in [2.24, 2.45) is 0 Å². The van der Waals surface area contributed by atoms with Crippen molar-refractivity contribution in [1.29, 1.82) is 0 Å². The highest BCUT2D eigenvalue weighted by molar-refractivity contribution is 9.10. The van der Waals surface area contributed by atoms with E-state index in [1.807, 2.05) is 26.0 Å². The van der Waals surface area contributed by atoms with Gasteiger partial charge in [-0.3, -0.25) is 0 Å². The van der Waals surface area contributed by atoms with Crippen LogP contribution in [0.5, 0.6) is 0 Å². The molecule has 0 aliphatic carbocycles. The third kappa shape index (κ3) is 3.64. The largest absolute Gasteiger partial charge is 0.388 e. The van der Waals surface area contributed by atoms with E-state index in [0.717, 1.165) is 22.3 Å². The molecule has 0 saturated carbocycles. The van der Waals surface area contributed by atoms with Crippen molar-refractivity contribution >= 4 is 15.9 Å². The Kier molecular flexibility index (Phi) is 4.38. The average molecular weight is 323 g/mol. The molecule has 0 amide bonds. The summed E-state index contributed by atoms with van der Waals surface area (Å²) >= 11 is 3.16. The van der Waals surface area contributed by atoms with Crippen LogP contribution in [0.25, 0.3) is 0 Å². The van der Waals surface area contributed by atoms with Crippen LogP contribution in [0.15, 0.2) is 40.9 Å². The SMILES string of the molecule is Cc1cc(C)cc(C(O)Cc2ccc(F)c(Br)c2)c1. The molecular weight excluding hydrogens is 307 g/mol. The molecule has 1 nitrogen and oxygen atoms in total. The van der Waals surface area contributed by atoms with Gasteiger partial charge < -0.3 is 5.11 Å². The number of halogens is 2. The molecule has 0 heterocycles. The number of aryl methyl sites for hydroxylation is 2. The molecule has 0 aliphatic rings. The van der Waals surface area contributed by atoms with Crippen LogP contribution in [0.3, 0.4) is 0 Å². The molecular formula is C16H16BrFO. The summed E-state index contributed by atoms with van der Waals surface area (Å²) in [5.41, 5.74) is 4.07. The van der Waals surface area contributed by atoms with Gasteiger partial charge >= 0.3 is 0 Å². The van der Waals surface area contributed by atoms with Crippen LogP contribution in [-0.4, -0.2) is 5.11 Å². The van der Waals surface area contributed by atoms with E-state index in [9.17, 15) is 9.50 Å². The number of benzene rings is 2. The van der Waals surface area contributed by atoms with Gasteiger partial charge in [0.05, 0.1) is 10.6 Å². The molecule has 0 saturated heterocycles. The molecule has 2 aromatic rings. The molecule has 0 spiro atoms. The van der Waals surface area contributed by atoms with Gasteiger partial charge in [0.25, 0.3) is 0 Å². The lowest BCUT2D eigenvalue weighted by Crippen LogP contribution is -2.03.